The van der Waals surface area contributed by atoms with Gasteiger partial charge in [-0.2, -0.15) is 5.10 Å². The first-order valence-electron chi connectivity index (χ1n) is 13.1. The van der Waals surface area contributed by atoms with Gasteiger partial charge in [-0.1, -0.05) is 13.8 Å². The molecular formula is C28H38FN3O5. The SMILES string of the molecule is CCc1nn(C[C@@H](C)COC(=O)c2ccc(OC)c(C(C)(C)F)c2)c2c1C(=O)NCC1(CCOCC1)C2. The number of hydrogen-bond donors (Lipinski definition) is 1. The number of carbonyl (C=O) groups is 2. The molecule has 37 heavy (non-hydrogen) atoms. The summed E-state index contributed by atoms with van der Waals surface area (Å²) in [5, 5.41) is 7.92. The van der Waals surface area contributed by atoms with E-state index in [0.29, 0.717) is 49.6 Å². The number of esters is 1. The van der Waals surface area contributed by atoms with Gasteiger partial charge in [-0.15, -0.1) is 0 Å². The minimum Gasteiger partial charge on any atom is -0.496 e. The number of methoxy groups -OCH3 is 1. The normalized spacial score (nSPS) is 18.1. The Hall–Kier alpha value is -2.94. The number of nitrogens with one attached hydrogen (secondary N) is 1. The number of alkyl halides is 1. The fraction of sp³-hybridized carbons (Fsp3) is 0.607. The molecule has 1 saturated heterocycles. The van der Waals surface area contributed by atoms with Crippen LogP contribution in [-0.2, 0) is 34.5 Å². The van der Waals surface area contributed by atoms with Crippen LogP contribution in [0.2, 0.25) is 0 Å². The van der Waals surface area contributed by atoms with Crippen LogP contribution in [-0.4, -0.2) is 55.1 Å². The Morgan fingerprint density at radius 2 is 2.05 bits per heavy atom. The highest BCUT2D eigenvalue weighted by molar-refractivity contribution is 5.97. The number of amides is 1. The van der Waals surface area contributed by atoms with Gasteiger partial charge >= 0.3 is 5.97 Å². The molecule has 2 aliphatic rings. The van der Waals surface area contributed by atoms with Crippen LogP contribution in [0, 0.1) is 11.3 Å². The maximum atomic E-state index is 14.6. The summed E-state index contributed by atoms with van der Waals surface area (Å²) in [7, 11) is 1.47. The van der Waals surface area contributed by atoms with Crippen molar-refractivity contribution < 1.29 is 28.2 Å². The van der Waals surface area contributed by atoms with Crippen molar-refractivity contribution in [3.8, 4) is 5.75 Å². The average Bonchev–Trinajstić information content (AvgIpc) is 3.14. The molecule has 0 bridgehead atoms. The number of fused-ring (bicyclic) bond motifs is 1. The first-order chi connectivity index (χ1) is 17.6. The van der Waals surface area contributed by atoms with Gasteiger partial charge in [-0.05, 0) is 63.1 Å². The second-order valence-corrected chi connectivity index (χ2v) is 10.9. The number of aromatic nitrogens is 2. The number of nitrogens with zero attached hydrogens (tertiary/aromatic N) is 2. The number of aryl methyl sites for hydroxylation is 1. The molecule has 1 aromatic carbocycles. The molecule has 202 valence electrons. The number of benzene rings is 1. The largest absolute Gasteiger partial charge is 0.496 e. The Labute approximate surface area is 217 Å². The number of hydrogen-bond acceptors (Lipinski definition) is 6. The van der Waals surface area contributed by atoms with Crippen molar-refractivity contribution in [2.45, 2.75) is 65.6 Å². The molecule has 1 spiro atoms. The summed E-state index contributed by atoms with van der Waals surface area (Å²) in [4.78, 5) is 25.8. The molecule has 0 unspecified atom stereocenters. The highest BCUT2D eigenvalue weighted by Crippen LogP contribution is 2.37. The third-order valence-corrected chi connectivity index (χ3v) is 7.47. The van der Waals surface area contributed by atoms with E-state index >= 15 is 0 Å². The fourth-order valence-corrected chi connectivity index (χ4v) is 5.27. The van der Waals surface area contributed by atoms with Crippen LogP contribution in [0.15, 0.2) is 18.2 Å². The smallest absolute Gasteiger partial charge is 0.338 e. The van der Waals surface area contributed by atoms with Gasteiger partial charge in [0.15, 0.2) is 0 Å². The summed E-state index contributed by atoms with van der Waals surface area (Å²) in [6.07, 6.45) is 3.21. The van der Waals surface area contributed by atoms with Crippen molar-refractivity contribution in [2.75, 3.05) is 33.5 Å². The second-order valence-electron chi connectivity index (χ2n) is 10.9. The lowest BCUT2D eigenvalue weighted by molar-refractivity contribution is 0.0151. The third kappa shape index (κ3) is 5.81. The Bertz CT molecular complexity index is 1150. The zero-order chi connectivity index (χ0) is 26.8. The summed E-state index contributed by atoms with van der Waals surface area (Å²) in [5.74, 6) is -0.250. The minimum atomic E-state index is -1.67. The first-order valence-corrected chi connectivity index (χ1v) is 13.1. The molecule has 1 aromatic heterocycles. The maximum Gasteiger partial charge on any atom is 0.338 e. The van der Waals surface area contributed by atoms with Gasteiger partial charge in [0.25, 0.3) is 5.91 Å². The quantitative estimate of drug-likeness (QED) is 0.529. The molecule has 0 radical (unpaired) electrons. The van der Waals surface area contributed by atoms with Crippen molar-refractivity contribution >= 4 is 11.9 Å². The fourth-order valence-electron chi connectivity index (χ4n) is 5.27. The Morgan fingerprint density at radius 1 is 1.32 bits per heavy atom. The molecule has 2 aliphatic heterocycles. The third-order valence-electron chi connectivity index (χ3n) is 7.47. The van der Waals surface area contributed by atoms with Crippen LogP contribution >= 0.6 is 0 Å². The lowest BCUT2D eigenvalue weighted by Crippen LogP contribution is -2.41. The molecule has 1 N–H and O–H groups in total. The van der Waals surface area contributed by atoms with Gasteiger partial charge in [0.1, 0.15) is 11.4 Å². The van der Waals surface area contributed by atoms with Gasteiger partial charge in [-0.25, -0.2) is 9.18 Å². The van der Waals surface area contributed by atoms with Crippen LogP contribution < -0.4 is 10.1 Å². The summed E-state index contributed by atoms with van der Waals surface area (Å²) < 4.78 is 33.0. The number of ether oxygens (including phenoxy) is 3. The highest BCUT2D eigenvalue weighted by Gasteiger charge is 2.39. The Kier molecular flexibility index (Phi) is 7.92. The van der Waals surface area contributed by atoms with Crippen LogP contribution in [0.5, 0.6) is 5.75 Å². The van der Waals surface area contributed by atoms with Gasteiger partial charge in [0.05, 0.1) is 36.2 Å². The van der Waals surface area contributed by atoms with Gasteiger partial charge < -0.3 is 19.5 Å². The van der Waals surface area contributed by atoms with E-state index in [1.165, 1.54) is 27.0 Å². The predicted molar refractivity (Wildman–Crippen MR) is 137 cm³/mol. The van der Waals surface area contributed by atoms with E-state index in [0.717, 1.165) is 30.7 Å². The summed E-state index contributed by atoms with van der Waals surface area (Å²) in [6, 6.07) is 4.64. The van der Waals surface area contributed by atoms with E-state index in [1.54, 1.807) is 12.1 Å². The molecular weight excluding hydrogens is 477 g/mol. The molecule has 4 rings (SSSR count). The number of halogens is 1. The van der Waals surface area contributed by atoms with Crippen LogP contribution in [0.1, 0.15) is 78.2 Å². The van der Waals surface area contributed by atoms with Gasteiger partial charge in [0.2, 0.25) is 0 Å². The standard InChI is InChI=1S/C28H38FN3O5/c1-6-21-24-22(14-28(17-30-25(24)33)9-11-36-12-10-28)32(31-21)15-18(2)16-37-26(34)19-7-8-23(35-5)20(13-19)27(3,4)29/h7-8,13,18H,6,9-12,14-17H2,1-5H3,(H,30,33)/t18-/m1/s1. The molecule has 3 heterocycles. The monoisotopic (exact) mass is 515 g/mol. The predicted octanol–water partition coefficient (Wildman–Crippen LogP) is 4.23. The highest BCUT2D eigenvalue weighted by atomic mass is 19.1. The average molecular weight is 516 g/mol. The van der Waals surface area contributed by atoms with Crippen LogP contribution in [0.3, 0.4) is 0 Å². The Balaban J connectivity index is 1.48. The minimum absolute atomic E-state index is 0.0338. The van der Waals surface area contributed by atoms with Gasteiger partial charge in [-0.3, -0.25) is 9.48 Å². The molecule has 2 aromatic rings. The van der Waals surface area contributed by atoms with Crippen molar-refractivity contribution in [1.82, 2.24) is 15.1 Å². The van der Waals surface area contributed by atoms with E-state index in [2.05, 4.69) is 5.32 Å². The number of rotatable bonds is 8. The molecule has 0 saturated carbocycles. The van der Waals surface area contributed by atoms with E-state index in [-0.39, 0.29) is 29.4 Å². The first kappa shape index (κ1) is 27.1. The number of carbonyl (C=O) groups excluding carboxylic acids is 2. The van der Waals surface area contributed by atoms with E-state index in [9.17, 15) is 14.0 Å². The molecule has 1 fully saturated rings. The van der Waals surface area contributed by atoms with Crippen molar-refractivity contribution in [3.05, 3.63) is 46.3 Å². The zero-order valence-electron chi connectivity index (χ0n) is 22.5. The van der Waals surface area contributed by atoms with Gasteiger partial charge in [0, 0.05) is 37.8 Å². The topological polar surface area (TPSA) is 91.7 Å². The Morgan fingerprint density at radius 3 is 2.70 bits per heavy atom. The van der Waals surface area contributed by atoms with E-state index in [1.807, 2.05) is 18.5 Å². The molecule has 8 nitrogen and oxygen atoms in total. The second kappa shape index (κ2) is 10.8. The van der Waals surface area contributed by atoms with E-state index in [4.69, 9.17) is 19.3 Å². The lowest BCUT2D eigenvalue weighted by atomic mass is 9.76. The van der Waals surface area contributed by atoms with Crippen molar-refractivity contribution in [3.63, 3.8) is 0 Å². The molecule has 1 amide bonds. The summed E-state index contributed by atoms with van der Waals surface area (Å²) in [5.41, 5.74) is 1.30. The molecule has 0 aliphatic carbocycles. The van der Waals surface area contributed by atoms with Crippen molar-refractivity contribution in [2.24, 2.45) is 11.3 Å². The van der Waals surface area contributed by atoms with E-state index < -0.39 is 11.6 Å². The summed E-state index contributed by atoms with van der Waals surface area (Å²) in [6.45, 7) is 9.54. The molecule has 9 heteroatoms. The van der Waals surface area contributed by atoms with Crippen LogP contribution in [0.25, 0.3) is 0 Å². The lowest BCUT2D eigenvalue weighted by Gasteiger charge is -2.36. The maximum absolute atomic E-state index is 14.6. The zero-order valence-corrected chi connectivity index (χ0v) is 22.5. The van der Waals surface area contributed by atoms with Crippen molar-refractivity contribution in [1.29, 1.82) is 0 Å². The molecule has 1 atom stereocenters. The summed E-state index contributed by atoms with van der Waals surface area (Å²) >= 11 is 0. The van der Waals surface area contributed by atoms with Crippen LogP contribution in [0.4, 0.5) is 4.39 Å².